The molecule has 1 aromatic carbocycles. The van der Waals surface area contributed by atoms with Gasteiger partial charge in [-0.15, -0.1) is 0 Å². The zero-order chi connectivity index (χ0) is 17.5. The number of hydrogen-bond acceptors (Lipinski definition) is 2. The molecule has 0 saturated carbocycles. The van der Waals surface area contributed by atoms with Crippen molar-refractivity contribution < 1.29 is 14.0 Å². The third-order valence-corrected chi connectivity index (χ3v) is 3.74. The molecule has 0 fully saturated rings. The fraction of sp³-hybridized carbons (Fsp3) is 0.556. The maximum absolute atomic E-state index is 12.9. The summed E-state index contributed by atoms with van der Waals surface area (Å²) in [6, 6.07) is 5.93. The van der Waals surface area contributed by atoms with E-state index >= 15 is 0 Å². The van der Waals surface area contributed by atoms with Crippen LogP contribution in [0.15, 0.2) is 24.3 Å². The lowest BCUT2D eigenvalue weighted by molar-refractivity contribution is -0.148. The van der Waals surface area contributed by atoms with Crippen LogP contribution in [0.25, 0.3) is 0 Å². The molecule has 0 aromatic heterocycles. The van der Waals surface area contributed by atoms with Crippen molar-refractivity contribution in [2.45, 2.75) is 47.1 Å². The van der Waals surface area contributed by atoms with Crippen LogP contribution in [0.4, 0.5) is 4.39 Å². The average molecular weight is 322 g/mol. The van der Waals surface area contributed by atoms with Crippen LogP contribution in [-0.4, -0.2) is 29.8 Å². The van der Waals surface area contributed by atoms with E-state index in [4.69, 9.17) is 0 Å². The Balaban J connectivity index is 2.70. The summed E-state index contributed by atoms with van der Waals surface area (Å²) in [5.74, 6) is -0.785. The first-order chi connectivity index (χ1) is 10.8. The molecule has 5 heteroatoms. The smallest absolute Gasteiger partial charge is 0.237 e. The summed E-state index contributed by atoms with van der Waals surface area (Å²) < 4.78 is 12.9. The highest BCUT2D eigenvalue weighted by Crippen LogP contribution is 2.20. The molecular formula is C18H27FN2O2. The third-order valence-electron chi connectivity index (χ3n) is 3.74. The molecule has 4 nitrogen and oxygen atoms in total. The van der Waals surface area contributed by atoms with Crippen molar-refractivity contribution in [3.05, 3.63) is 35.6 Å². The van der Waals surface area contributed by atoms with Crippen LogP contribution < -0.4 is 5.32 Å². The van der Waals surface area contributed by atoms with E-state index in [2.05, 4.69) is 5.32 Å². The molecule has 128 valence electrons. The maximum atomic E-state index is 12.9. The second-order valence-corrected chi connectivity index (χ2v) is 6.23. The van der Waals surface area contributed by atoms with Gasteiger partial charge in [-0.3, -0.25) is 9.59 Å². The minimum Gasteiger partial charge on any atom is -0.351 e. The van der Waals surface area contributed by atoms with Gasteiger partial charge in [0.25, 0.3) is 0 Å². The van der Waals surface area contributed by atoms with Gasteiger partial charge in [0.1, 0.15) is 11.2 Å². The van der Waals surface area contributed by atoms with Gasteiger partial charge < -0.3 is 10.2 Å². The number of benzene rings is 1. The highest BCUT2D eigenvalue weighted by atomic mass is 19.1. The number of halogens is 1. The summed E-state index contributed by atoms with van der Waals surface area (Å²) in [6.07, 6.45) is 1.72. The van der Waals surface area contributed by atoms with E-state index in [9.17, 15) is 14.0 Å². The number of amides is 2. The Morgan fingerprint density at radius 1 is 1.09 bits per heavy atom. The first kappa shape index (κ1) is 19.1. The standard InChI is InChI=1S/C18H27FN2O2/c1-5-11-21(12-6-2)17(23)18(3,4)16(22)20-13-14-7-9-15(19)10-8-14/h7-10H,5-6,11-13H2,1-4H3,(H,20,22). The zero-order valence-electron chi connectivity index (χ0n) is 14.5. The Labute approximate surface area is 138 Å². The van der Waals surface area contributed by atoms with E-state index in [0.717, 1.165) is 18.4 Å². The van der Waals surface area contributed by atoms with Crippen molar-refractivity contribution in [1.82, 2.24) is 10.2 Å². The molecule has 1 rings (SSSR count). The molecular weight excluding hydrogens is 295 g/mol. The van der Waals surface area contributed by atoms with Crippen molar-refractivity contribution in [2.24, 2.45) is 5.41 Å². The summed E-state index contributed by atoms with van der Waals surface area (Å²) in [5.41, 5.74) is -0.327. The normalized spacial score (nSPS) is 11.2. The lowest BCUT2D eigenvalue weighted by atomic mass is 9.90. The molecule has 23 heavy (non-hydrogen) atoms. The van der Waals surface area contributed by atoms with E-state index in [1.165, 1.54) is 12.1 Å². The Morgan fingerprint density at radius 2 is 1.61 bits per heavy atom. The molecule has 0 bridgehead atoms. The van der Waals surface area contributed by atoms with Crippen LogP contribution in [0.1, 0.15) is 46.1 Å². The zero-order valence-corrected chi connectivity index (χ0v) is 14.5. The molecule has 0 unspecified atom stereocenters. The molecule has 0 radical (unpaired) electrons. The van der Waals surface area contributed by atoms with Crippen molar-refractivity contribution in [1.29, 1.82) is 0 Å². The summed E-state index contributed by atoms with van der Waals surface area (Å²) >= 11 is 0. The minimum atomic E-state index is -1.12. The van der Waals surface area contributed by atoms with Crippen LogP contribution in [-0.2, 0) is 16.1 Å². The molecule has 1 N–H and O–H groups in total. The van der Waals surface area contributed by atoms with E-state index in [-0.39, 0.29) is 24.2 Å². The quantitative estimate of drug-likeness (QED) is 0.748. The molecule has 0 heterocycles. The summed E-state index contributed by atoms with van der Waals surface area (Å²) in [7, 11) is 0. The summed E-state index contributed by atoms with van der Waals surface area (Å²) in [5, 5.41) is 2.77. The fourth-order valence-electron chi connectivity index (χ4n) is 2.35. The lowest BCUT2D eigenvalue weighted by Gasteiger charge is -2.30. The van der Waals surface area contributed by atoms with Gasteiger partial charge in [-0.1, -0.05) is 26.0 Å². The number of hydrogen-bond donors (Lipinski definition) is 1. The molecule has 1 aromatic rings. The Kier molecular flexibility index (Phi) is 7.20. The maximum Gasteiger partial charge on any atom is 0.237 e. The SMILES string of the molecule is CCCN(CCC)C(=O)C(C)(C)C(=O)NCc1ccc(F)cc1. The molecule has 0 spiro atoms. The van der Waals surface area contributed by atoms with Crippen LogP contribution in [0.5, 0.6) is 0 Å². The van der Waals surface area contributed by atoms with E-state index in [0.29, 0.717) is 13.1 Å². The topological polar surface area (TPSA) is 49.4 Å². The van der Waals surface area contributed by atoms with Gasteiger partial charge >= 0.3 is 0 Å². The van der Waals surface area contributed by atoms with Crippen molar-refractivity contribution in [3.63, 3.8) is 0 Å². The molecule has 0 aliphatic heterocycles. The predicted molar refractivity (Wildman–Crippen MR) is 89.2 cm³/mol. The van der Waals surface area contributed by atoms with Gasteiger partial charge in [0.15, 0.2) is 0 Å². The van der Waals surface area contributed by atoms with E-state index < -0.39 is 5.41 Å². The van der Waals surface area contributed by atoms with Gasteiger partial charge in [0, 0.05) is 19.6 Å². The number of carbonyl (C=O) groups excluding carboxylic acids is 2. The van der Waals surface area contributed by atoms with E-state index in [1.54, 1.807) is 30.9 Å². The molecule has 2 amide bonds. The third kappa shape index (κ3) is 5.34. The van der Waals surface area contributed by atoms with Crippen LogP contribution in [0, 0.1) is 11.2 Å². The summed E-state index contributed by atoms with van der Waals surface area (Å²) in [4.78, 5) is 26.8. The fourth-order valence-corrected chi connectivity index (χ4v) is 2.35. The number of nitrogens with one attached hydrogen (secondary N) is 1. The monoisotopic (exact) mass is 322 g/mol. The summed E-state index contributed by atoms with van der Waals surface area (Å²) in [6.45, 7) is 8.90. The highest BCUT2D eigenvalue weighted by Gasteiger charge is 2.38. The number of rotatable bonds is 8. The Hall–Kier alpha value is -1.91. The van der Waals surface area contributed by atoms with Gasteiger partial charge in [-0.25, -0.2) is 4.39 Å². The second-order valence-electron chi connectivity index (χ2n) is 6.23. The largest absolute Gasteiger partial charge is 0.351 e. The lowest BCUT2D eigenvalue weighted by Crippen LogP contribution is -2.49. The number of carbonyl (C=O) groups is 2. The van der Waals surface area contributed by atoms with Crippen molar-refractivity contribution in [2.75, 3.05) is 13.1 Å². The molecule has 0 aliphatic rings. The first-order valence-electron chi connectivity index (χ1n) is 8.15. The van der Waals surface area contributed by atoms with Crippen LogP contribution in [0.3, 0.4) is 0 Å². The minimum absolute atomic E-state index is 0.155. The van der Waals surface area contributed by atoms with E-state index in [1.807, 2.05) is 13.8 Å². The molecule has 0 aliphatic carbocycles. The number of nitrogens with zero attached hydrogens (tertiary/aromatic N) is 1. The van der Waals surface area contributed by atoms with Crippen LogP contribution >= 0.6 is 0 Å². The van der Waals surface area contributed by atoms with Crippen molar-refractivity contribution >= 4 is 11.8 Å². The second kappa shape index (κ2) is 8.65. The van der Waals surface area contributed by atoms with Gasteiger partial charge in [-0.2, -0.15) is 0 Å². The van der Waals surface area contributed by atoms with Crippen molar-refractivity contribution in [3.8, 4) is 0 Å². The molecule has 0 atom stereocenters. The molecule has 0 saturated heterocycles. The van der Waals surface area contributed by atoms with Gasteiger partial charge in [0.2, 0.25) is 11.8 Å². The Bertz CT molecular complexity index is 520. The highest BCUT2D eigenvalue weighted by molar-refractivity contribution is 6.04. The van der Waals surface area contributed by atoms with Gasteiger partial charge in [-0.05, 0) is 44.4 Å². The van der Waals surface area contributed by atoms with Crippen LogP contribution in [0.2, 0.25) is 0 Å². The average Bonchev–Trinajstić information content (AvgIpc) is 2.53. The first-order valence-corrected chi connectivity index (χ1v) is 8.15. The Morgan fingerprint density at radius 3 is 2.09 bits per heavy atom. The van der Waals surface area contributed by atoms with Gasteiger partial charge in [0.05, 0.1) is 0 Å². The predicted octanol–water partition coefficient (Wildman–Crippen LogP) is 3.12.